The molecule has 0 aliphatic heterocycles. The predicted molar refractivity (Wildman–Crippen MR) is 89.8 cm³/mol. The molecule has 7 heteroatoms. The van der Waals surface area contributed by atoms with Gasteiger partial charge in [-0.25, -0.2) is 9.97 Å². The van der Waals surface area contributed by atoms with E-state index in [1.807, 2.05) is 0 Å². The van der Waals surface area contributed by atoms with Gasteiger partial charge in [0.15, 0.2) is 0 Å². The van der Waals surface area contributed by atoms with Gasteiger partial charge in [-0.05, 0) is 32.8 Å². The van der Waals surface area contributed by atoms with E-state index in [1.54, 1.807) is 0 Å². The van der Waals surface area contributed by atoms with Gasteiger partial charge in [0.25, 0.3) is 0 Å². The Morgan fingerprint density at radius 3 is 2.78 bits per heavy atom. The molecule has 5 N–H and O–H groups in total. The van der Waals surface area contributed by atoms with Crippen LogP contribution in [0.5, 0.6) is 0 Å². The Morgan fingerprint density at radius 2 is 2.13 bits per heavy atom. The minimum atomic E-state index is 0.223. The smallest absolute Gasteiger partial charge is 0.146 e. The molecule has 0 radical (unpaired) electrons. The van der Waals surface area contributed by atoms with Gasteiger partial charge in [-0.15, -0.1) is 0 Å². The Morgan fingerprint density at radius 1 is 1.35 bits per heavy atom. The summed E-state index contributed by atoms with van der Waals surface area (Å²) in [6.45, 7) is 4.62. The quantitative estimate of drug-likeness (QED) is 0.684. The van der Waals surface area contributed by atoms with Crippen LogP contribution < -0.4 is 11.5 Å². The number of nitrogens with one attached hydrogen (secondary N) is 1. The molecule has 7 nitrogen and oxygen atoms in total. The van der Waals surface area contributed by atoms with Gasteiger partial charge in [0.2, 0.25) is 0 Å². The molecule has 0 amide bonds. The van der Waals surface area contributed by atoms with E-state index in [9.17, 15) is 0 Å². The van der Waals surface area contributed by atoms with Crippen LogP contribution in [0, 0.1) is 0 Å². The SMILES string of the molecule is CC(C)n1c(CN)c(-c2cc(C3CC3)[nH]n2)c2c(N)ncnc21. The summed E-state index contributed by atoms with van der Waals surface area (Å²) in [6, 6.07) is 2.34. The Hall–Kier alpha value is -2.41. The molecule has 23 heavy (non-hydrogen) atoms. The van der Waals surface area contributed by atoms with Gasteiger partial charge in [0.05, 0.1) is 11.1 Å². The molecular formula is C16H21N7. The number of aromatic amines is 1. The van der Waals surface area contributed by atoms with Crippen molar-refractivity contribution in [2.24, 2.45) is 5.73 Å². The number of nitrogen functional groups attached to an aromatic ring is 1. The number of hydrogen-bond donors (Lipinski definition) is 3. The minimum Gasteiger partial charge on any atom is -0.383 e. The number of rotatable bonds is 4. The van der Waals surface area contributed by atoms with Crippen LogP contribution in [0.3, 0.4) is 0 Å². The van der Waals surface area contributed by atoms with Crippen molar-refractivity contribution in [1.82, 2.24) is 24.7 Å². The molecule has 120 valence electrons. The van der Waals surface area contributed by atoms with Gasteiger partial charge in [-0.3, -0.25) is 5.10 Å². The Labute approximate surface area is 134 Å². The molecule has 0 bridgehead atoms. The van der Waals surface area contributed by atoms with Crippen molar-refractivity contribution in [2.45, 2.75) is 45.2 Å². The van der Waals surface area contributed by atoms with Crippen molar-refractivity contribution in [3.05, 3.63) is 23.8 Å². The summed E-state index contributed by atoms with van der Waals surface area (Å²) in [7, 11) is 0. The lowest BCUT2D eigenvalue weighted by atomic mass is 10.1. The van der Waals surface area contributed by atoms with E-state index >= 15 is 0 Å². The second-order valence-corrected chi connectivity index (χ2v) is 6.43. The Bertz CT molecular complexity index is 870. The van der Waals surface area contributed by atoms with E-state index in [-0.39, 0.29) is 6.04 Å². The fourth-order valence-corrected chi connectivity index (χ4v) is 3.31. The minimum absolute atomic E-state index is 0.223. The van der Waals surface area contributed by atoms with Crippen molar-refractivity contribution in [3.8, 4) is 11.3 Å². The van der Waals surface area contributed by atoms with Gasteiger partial charge in [0.1, 0.15) is 17.8 Å². The van der Waals surface area contributed by atoms with Gasteiger partial charge in [-0.2, -0.15) is 5.10 Å². The third-order valence-corrected chi connectivity index (χ3v) is 4.49. The molecule has 1 fully saturated rings. The fraction of sp³-hybridized carbons (Fsp3) is 0.438. The lowest BCUT2D eigenvalue weighted by Crippen LogP contribution is -2.10. The number of nitrogens with zero attached hydrogens (tertiary/aromatic N) is 4. The second-order valence-electron chi connectivity index (χ2n) is 6.43. The van der Waals surface area contributed by atoms with E-state index in [1.165, 1.54) is 24.9 Å². The van der Waals surface area contributed by atoms with Gasteiger partial charge in [-0.1, -0.05) is 0 Å². The summed E-state index contributed by atoms with van der Waals surface area (Å²) in [5.74, 6) is 1.08. The molecule has 0 spiro atoms. The average molecular weight is 311 g/mol. The van der Waals surface area contributed by atoms with E-state index in [2.05, 4.69) is 44.6 Å². The van der Waals surface area contributed by atoms with Gasteiger partial charge in [0, 0.05) is 35.5 Å². The molecule has 3 aromatic heterocycles. The molecule has 1 saturated carbocycles. The first-order chi connectivity index (χ1) is 11.1. The summed E-state index contributed by atoms with van der Waals surface area (Å²) in [5, 5.41) is 8.52. The van der Waals surface area contributed by atoms with Crippen LogP contribution in [-0.2, 0) is 6.54 Å². The summed E-state index contributed by atoms with van der Waals surface area (Å²) < 4.78 is 2.13. The third-order valence-electron chi connectivity index (χ3n) is 4.49. The summed E-state index contributed by atoms with van der Waals surface area (Å²) in [5.41, 5.74) is 17.1. The molecule has 1 aliphatic carbocycles. The van der Waals surface area contributed by atoms with Crippen molar-refractivity contribution in [1.29, 1.82) is 0 Å². The van der Waals surface area contributed by atoms with E-state index in [4.69, 9.17) is 11.5 Å². The van der Waals surface area contributed by atoms with Crippen LogP contribution in [-0.4, -0.2) is 24.7 Å². The lowest BCUT2D eigenvalue weighted by molar-refractivity contribution is 0.591. The van der Waals surface area contributed by atoms with Crippen LogP contribution in [0.4, 0.5) is 5.82 Å². The zero-order valence-corrected chi connectivity index (χ0v) is 13.4. The molecule has 0 saturated heterocycles. The van der Waals surface area contributed by atoms with E-state index in [0.717, 1.165) is 28.0 Å². The summed E-state index contributed by atoms with van der Waals surface area (Å²) in [4.78, 5) is 8.62. The lowest BCUT2D eigenvalue weighted by Gasteiger charge is -2.13. The standard InChI is InChI=1S/C16H21N7/c1-8(2)23-12(6-17)13(14-15(18)19-7-20-16(14)23)11-5-10(21-22-11)9-3-4-9/h5,7-9H,3-4,6,17H2,1-2H3,(H,21,22)(H2,18,19,20). The highest BCUT2D eigenvalue weighted by atomic mass is 15.1. The topological polar surface area (TPSA) is 111 Å². The van der Waals surface area contributed by atoms with Crippen molar-refractivity contribution < 1.29 is 0 Å². The molecule has 0 unspecified atom stereocenters. The number of H-pyrrole nitrogens is 1. The van der Waals surface area contributed by atoms with Crippen LogP contribution in [0.2, 0.25) is 0 Å². The monoisotopic (exact) mass is 311 g/mol. The zero-order valence-electron chi connectivity index (χ0n) is 13.4. The number of aromatic nitrogens is 5. The highest BCUT2D eigenvalue weighted by molar-refractivity contribution is 6.01. The van der Waals surface area contributed by atoms with E-state index in [0.29, 0.717) is 18.3 Å². The van der Waals surface area contributed by atoms with Crippen LogP contribution in [0.15, 0.2) is 12.4 Å². The Balaban J connectivity index is 2.03. The van der Waals surface area contributed by atoms with Crippen molar-refractivity contribution in [3.63, 3.8) is 0 Å². The number of fused-ring (bicyclic) bond motifs is 1. The van der Waals surface area contributed by atoms with Crippen LogP contribution in [0.1, 0.15) is 50.0 Å². The third kappa shape index (κ3) is 2.11. The van der Waals surface area contributed by atoms with Crippen molar-refractivity contribution in [2.75, 3.05) is 5.73 Å². The van der Waals surface area contributed by atoms with Crippen LogP contribution >= 0.6 is 0 Å². The molecule has 3 aromatic rings. The second kappa shape index (κ2) is 5.06. The molecule has 0 aromatic carbocycles. The normalized spacial score (nSPS) is 15.0. The molecule has 4 rings (SSSR count). The maximum atomic E-state index is 6.17. The fourth-order valence-electron chi connectivity index (χ4n) is 3.31. The maximum absolute atomic E-state index is 6.17. The highest BCUT2D eigenvalue weighted by Gasteiger charge is 2.28. The molecular weight excluding hydrogens is 290 g/mol. The zero-order chi connectivity index (χ0) is 16.1. The largest absolute Gasteiger partial charge is 0.383 e. The van der Waals surface area contributed by atoms with Gasteiger partial charge < -0.3 is 16.0 Å². The van der Waals surface area contributed by atoms with Gasteiger partial charge >= 0.3 is 0 Å². The summed E-state index contributed by atoms with van der Waals surface area (Å²) >= 11 is 0. The number of nitrogens with two attached hydrogens (primary N) is 2. The molecule has 0 atom stereocenters. The first-order valence-electron chi connectivity index (χ1n) is 8.00. The van der Waals surface area contributed by atoms with E-state index < -0.39 is 0 Å². The maximum Gasteiger partial charge on any atom is 0.146 e. The molecule has 1 aliphatic rings. The van der Waals surface area contributed by atoms with Crippen LogP contribution in [0.25, 0.3) is 22.3 Å². The Kier molecular flexibility index (Phi) is 3.12. The highest BCUT2D eigenvalue weighted by Crippen LogP contribution is 2.42. The number of anilines is 1. The average Bonchev–Trinajstić information content (AvgIpc) is 3.15. The summed E-state index contributed by atoms with van der Waals surface area (Å²) in [6.07, 6.45) is 3.95. The first-order valence-corrected chi connectivity index (χ1v) is 8.00. The van der Waals surface area contributed by atoms with Crippen molar-refractivity contribution >= 4 is 16.9 Å². The molecule has 3 heterocycles. The first kappa shape index (κ1) is 14.2. The predicted octanol–water partition coefficient (Wildman–Crippen LogP) is 2.32. The number of hydrogen-bond acceptors (Lipinski definition) is 5.